The van der Waals surface area contributed by atoms with Crippen LogP contribution in [0.25, 0.3) is 5.57 Å². The summed E-state index contributed by atoms with van der Waals surface area (Å²) in [5.74, 6) is 0.154. The zero-order valence-corrected chi connectivity index (χ0v) is 9.78. The van der Waals surface area contributed by atoms with Crippen molar-refractivity contribution in [1.82, 2.24) is 0 Å². The molecule has 1 unspecified atom stereocenters. The van der Waals surface area contributed by atoms with Crippen LogP contribution in [0.5, 0.6) is 0 Å². The topological polar surface area (TPSA) is 43.1 Å². The fourth-order valence-corrected chi connectivity index (χ4v) is 2.40. The van der Waals surface area contributed by atoms with Crippen molar-refractivity contribution in [3.05, 3.63) is 45.0 Å². The first-order valence-corrected chi connectivity index (χ1v) is 5.54. The third-order valence-electron chi connectivity index (χ3n) is 3.20. The average Bonchev–Trinajstić information content (AvgIpc) is 2.53. The van der Waals surface area contributed by atoms with Crippen LogP contribution in [0.4, 0.5) is 5.69 Å². The third-order valence-corrected chi connectivity index (χ3v) is 3.20. The van der Waals surface area contributed by atoms with Crippen molar-refractivity contribution in [2.75, 3.05) is 0 Å². The average molecular weight is 217 g/mol. The lowest BCUT2D eigenvalue weighted by molar-refractivity contribution is -0.385. The molecule has 0 radical (unpaired) electrons. The molecule has 2 rings (SSSR count). The summed E-state index contributed by atoms with van der Waals surface area (Å²) < 4.78 is 0. The smallest absolute Gasteiger partial charge is 0.258 e. The van der Waals surface area contributed by atoms with Gasteiger partial charge in [-0.1, -0.05) is 26.0 Å². The molecule has 1 aromatic carbocycles. The molecule has 0 saturated heterocycles. The second-order valence-corrected chi connectivity index (χ2v) is 4.33. The van der Waals surface area contributed by atoms with Gasteiger partial charge in [-0.25, -0.2) is 0 Å². The van der Waals surface area contributed by atoms with E-state index in [0.29, 0.717) is 0 Å². The van der Waals surface area contributed by atoms with Crippen molar-refractivity contribution >= 4 is 11.3 Å². The summed E-state index contributed by atoms with van der Waals surface area (Å²) >= 11 is 0. The van der Waals surface area contributed by atoms with Crippen molar-refractivity contribution in [2.24, 2.45) is 0 Å². The number of hydrogen-bond donors (Lipinski definition) is 0. The van der Waals surface area contributed by atoms with E-state index in [1.165, 1.54) is 0 Å². The second kappa shape index (κ2) is 3.74. The molecular formula is C13H15NO2. The molecule has 0 aromatic heterocycles. The number of hydrogen-bond acceptors (Lipinski definition) is 2. The zero-order valence-electron chi connectivity index (χ0n) is 9.78. The van der Waals surface area contributed by atoms with Crippen LogP contribution in [-0.2, 0) is 6.42 Å². The summed E-state index contributed by atoms with van der Waals surface area (Å²) in [6, 6.07) is 3.79. The van der Waals surface area contributed by atoms with Crippen molar-refractivity contribution < 1.29 is 4.92 Å². The van der Waals surface area contributed by atoms with Crippen molar-refractivity contribution in [2.45, 2.75) is 33.1 Å². The van der Waals surface area contributed by atoms with Gasteiger partial charge in [-0.2, -0.15) is 0 Å². The van der Waals surface area contributed by atoms with Gasteiger partial charge in [0.1, 0.15) is 0 Å². The Morgan fingerprint density at radius 2 is 2.12 bits per heavy atom. The molecule has 0 amide bonds. The van der Waals surface area contributed by atoms with Gasteiger partial charge in [-0.3, -0.25) is 10.1 Å². The van der Waals surface area contributed by atoms with E-state index in [9.17, 15) is 10.1 Å². The summed E-state index contributed by atoms with van der Waals surface area (Å²) in [4.78, 5) is 10.8. The van der Waals surface area contributed by atoms with Crippen molar-refractivity contribution in [1.29, 1.82) is 0 Å². The Morgan fingerprint density at radius 3 is 2.69 bits per heavy atom. The number of allylic oxidation sites excluding steroid dienone is 2. The van der Waals surface area contributed by atoms with E-state index >= 15 is 0 Å². The van der Waals surface area contributed by atoms with Gasteiger partial charge < -0.3 is 0 Å². The van der Waals surface area contributed by atoms with Gasteiger partial charge in [0.2, 0.25) is 0 Å². The fourth-order valence-electron chi connectivity index (χ4n) is 2.40. The van der Waals surface area contributed by atoms with Crippen LogP contribution in [0.3, 0.4) is 0 Å². The summed E-state index contributed by atoms with van der Waals surface area (Å²) in [5.41, 5.74) is 4.39. The molecule has 1 aliphatic rings. The molecule has 0 heterocycles. The number of nitro benzene ring substituents is 1. The molecular weight excluding hydrogens is 202 g/mol. The van der Waals surface area contributed by atoms with E-state index in [0.717, 1.165) is 28.7 Å². The van der Waals surface area contributed by atoms with Crippen LogP contribution in [0.2, 0.25) is 0 Å². The van der Waals surface area contributed by atoms with Crippen LogP contribution < -0.4 is 0 Å². The van der Waals surface area contributed by atoms with Gasteiger partial charge in [0.25, 0.3) is 5.69 Å². The largest absolute Gasteiger partial charge is 0.274 e. The first-order chi connectivity index (χ1) is 7.54. The van der Waals surface area contributed by atoms with Crippen LogP contribution in [-0.4, -0.2) is 4.92 Å². The van der Waals surface area contributed by atoms with Crippen LogP contribution in [0.15, 0.2) is 18.2 Å². The summed E-state index contributed by atoms with van der Waals surface area (Å²) in [6.45, 7) is 6.04. The van der Waals surface area contributed by atoms with Gasteiger partial charge in [-0.15, -0.1) is 0 Å². The SMILES string of the molecule is CCc1cc2c(c([N+](=O)[O-])c1)C(C)C=C2C. The number of nitro groups is 1. The second-order valence-electron chi connectivity index (χ2n) is 4.33. The van der Waals surface area contributed by atoms with E-state index in [1.807, 2.05) is 20.8 Å². The van der Waals surface area contributed by atoms with Crippen molar-refractivity contribution in [3.8, 4) is 0 Å². The highest BCUT2D eigenvalue weighted by Gasteiger charge is 2.27. The Kier molecular flexibility index (Phi) is 2.54. The molecule has 0 spiro atoms. The quantitative estimate of drug-likeness (QED) is 0.560. The molecule has 1 aromatic rings. The van der Waals surface area contributed by atoms with E-state index in [-0.39, 0.29) is 16.5 Å². The summed E-state index contributed by atoms with van der Waals surface area (Å²) in [6.07, 6.45) is 2.92. The standard InChI is InChI=1S/C13H15NO2/c1-4-10-6-11-8(2)5-9(3)13(11)12(7-10)14(15)16/h5-7,9H,4H2,1-3H3. The molecule has 0 N–H and O–H groups in total. The van der Waals surface area contributed by atoms with E-state index < -0.39 is 0 Å². The maximum absolute atomic E-state index is 11.1. The Bertz CT molecular complexity index is 489. The molecule has 3 heteroatoms. The summed E-state index contributed by atoms with van der Waals surface area (Å²) in [7, 11) is 0. The molecule has 3 nitrogen and oxygen atoms in total. The van der Waals surface area contributed by atoms with Gasteiger partial charge in [0.15, 0.2) is 0 Å². The molecule has 16 heavy (non-hydrogen) atoms. The predicted octanol–water partition coefficient (Wildman–Crippen LogP) is 3.68. The van der Waals surface area contributed by atoms with E-state index in [4.69, 9.17) is 0 Å². The fraction of sp³-hybridized carbons (Fsp3) is 0.385. The van der Waals surface area contributed by atoms with Gasteiger partial charge in [0.05, 0.1) is 4.92 Å². The highest BCUT2D eigenvalue weighted by atomic mass is 16.6. The normalized spacial score (nSPS) is 18.2. The number of aryl methyl sites for hydroxylation is 1. The monoisotopic (exact) mass is 217 g/mol. The molecule has 0 aliphatic heterocycles. The Hall–Kier alpha value is -1.64. The molecule has 0 saturated carbocycles. The highest BCUT2D eigenvalue weighted by molar-refractivity contribution is 5.77. The molecule has 1 aliphatic carbocycles. The molecule has 0 bridgehead atoms. The van der Waals surface area contributed by atoms with Crippen molar-refractivity contribution in [3.63, 3.8) is 0 Å². The number of nitrogens with zero attached hydrogens (tertiary/aromatic N) is 1. The van der Waals surface area contributed by atoms with E-state index in [2.05, 4.69) is 12.1 Å². The predicted molar refractivity (Wildman–Crippen MR) is 64.5 cm³/mol. The van der Waals surface area contributed by atoms with E-state index in [1.54, 1.807) is 6.07 Å². The number of fused-ring (bicyclic) bond motifs is 1. The third kappa shape index (κ3) is 1.52. The number of benzene rings is 1. The lowest BCUT2D eigenvalue weighted by atomic mass is 9.96. The van der Waals surface area contributed by atoms with Gasteiger partial charge in [-0.05, 0) is 30.0 Å². The van der Waals surface area contributed by atoms with Crippen LogP contribution in [0.1, 0.15) is 43.4 Å². The zero-order chi connectivity index (χ0) is 11.9. The lowest BCUT2D eigenvalue weighted by Gasteiger charge is -2.08. The minimum absolute atomic E-state index is 0.154. The first-order valence-electron chi connectivity index (χ1n) is 5.54. The molecule has 0 fully saturated rings. The lowest BCUT2D eigenvalue weighted by Crippen LogP contribution is -1.99. The Balaban J connectivity index is 2.70. The van der Waals surface area contributed by atoms with Gasteiger partial charge in [0, 0.05) is 17.5 Å². The summed E-state index contributed by atoms with van der Waals surface area (Å²) in [5, 5.41) is 11.1. The minimum Gasteiger partial charge on any atom is -0.258 e. The first kappa shape index (κ1) is 10.9. The molecule has 1 atom stereocenters. The highest BCUT2D eigenvalue weighted by Crippen LogP contribution is 2.41. The maximum Gasteiger partial charge on any atom is 0.274 e. The van der Waals surface area contributed by atoms with Crippen LogP contribution >= 0.6 is 0 Å². The van der Waals surface area contributed by atoms with Gasteiger partial charge >= 0.3 is 0 Å². The minimum atomic E-state index is -0.263. The molecule has 84 valence electrons. The Morgan fingerprint density at radius 1 is 1.44 bits per heavy atom. The van der Waals surface area contributed by atoms with Crippen LogP contribution in [0, 0.1) is 10.1 Å². The number of rotatable bonds is 2. The Labute approximate surface area is 94.9 Å². The maximum atomic E-state index is 11.1.